The lowest BCUT2D eigenvalue weighted by molar-refractivity contribution is 0.0627. The highest BCUT2D eigenvalue weighted by atomic mass is 32.1. The molecule has 2 aromatic heterocycles. The summed E-state index contributed by atoms with van der Waals surface area (Å²) in [6.07, 6.45) is 3.22. The van der Waals surface area contributed by atoms with Crippen molar-refractivity contribution in [1.29, 1.82) is 0 Å². The lowest BCUT2D eigenvalue weighted by atomic mass is 10.2. The van der Waals surface area contributed by atoms with Gasteiger partial charge in [-0.25, -0.2) is 4.98 Å². The van der Waals surface area contributed by atoms with Gasteiger partial charge in [0.25, 0.3) is 5.91 Å². The zero-order valence-electron chi connectivity index (χ0n) is 10.5. The average Bonchev–Trinajstić information content (AvgIpc) is 3.12. The topological polar surface area (TPSA) is 65.1 Å². The molecule has 0 aromatic carbocycles. The molecule has 19 heavy (non-hydrogen) atoms. The fourth-order valence-electron chi connectivity index (χ4n) is 2.20. The Kier molecular flexibility index (Phi) is 3.56. The predicted molar refractivity (Wildman–Crippen MR) is 71.9 cm³/mol. The van der Waals surface area contributed by atoms with E-state index in [9.17, 15) is 4.79 Å². The summed E-state index contributed by atoms with van der Waals surface area (Å²) in [5, 5.41) is 8.56. The fourth-order valence-corrected chi connectivity index (χ4v) is 2.75. The molecule has 1 aliphatic heterocycles. The summed E-state index contributed by atoms with van der Waals surface area (Å²) in [4.78, 5) is 20.6. The number of thiazole rings is 1. The van der Waals surface area contributed by atoms with Crippen molar-refractivity contribution in [1.82, 2.24) is 25.0 Å². The zero-order valence-corrected chi connectivity index (χ0v) is 11.3. The number of piperazine rings is 1. The van der Waals surface area contributed by atoms with Crippen molar-refractivity contribution in [3.63, 3.8) is 0 Å². The summed E-state index contributed by atoms with van der Waals surface area (Å²) < 4.78 is 0. The van der Waals surface area contributed by atoms with E-state index in [1.807, 2.05) is 10.4 Å². The highest BCUT2D eigenvalue weighted by Gasteiger charge is 2.22. The fraction of sp³-hybridized carbons (Fsp3) is 0.417. The van der Waals surface area contributed by atoms with Crippen LogP contribution in [0.4, 0.5) is 0 Å². The number of amides is 1. The van der Waals surface area contributed by atoms with Gasteiger partial charge in [0, 0.05) is 44.3 Å². The Hall–Kier alpha value is -1.73. The molecule has 1 amide bonds. The molecule has 1 fully saturated rings. The third-order valence-corrected chi connectivity index (χ3v) is 3.91. The van der Waals surface area contributed by atoms with Crippen molar-refractivity contribution in [2.75, 3.05) is 26.2 Å². The second kappa shape index (κ2) is 5.50. The van der Waals surface area contributed by atoms with Crippen LogP contribution in [-0.2, 0) is 6.54 Å². The third kappa shape index (κ3) is 2.82. The summed E-state index contributed by atoms with van der Waals surface area (Å²) >= 11 is 1.62. The number of nitrogens with zero attached hydrogens (tertiary/aromatic N) is 4. The van der Waals surface area contributed by atoms with Gasteiger partial charge in [-0.3, -0.25) is 14.8 Å². The molecule has 0 spiro atoms. The van der Waals surface area contributed by atoms with E-state index >= 15 is 0 Å². The Morgan fingerprint density at radius 1 is 1.37 bits per heavy atom. The monoisotopic (exact) mass is 277 g/mol. The van der Waals surface area contributed by atoms with Crippen LogP contribution < -0.4 is 0 Å². The molecule has 0 atom stereocenters. The number of rotatable bonds is 3. The minimum absolute atomic E-state index is 0.0575. The Morgan fingerprint density at radius 2 is 2.21 bits per heavy atom. The molecule has 1 aliphatic rings. The van der Waals surface area contributed by atoms with E-state index < -0.39 is 0 Å². The van der Waals surface area contributed by atoms with Gasteiger partial charge in [-0.05, 0) is 0 Å². The molecule has 2 aromatic rings. The standard InChI is InChI=1S/C12H15N5OS/c18-12(10-5-14-15-6-10)17-3-1-16(2-4-17)7-11-8-19-9-13-11/h5-6,8-9H,1-4,7H2,(H,14,15). The second-order valence-electron chi connectivity index (χ2n) is 4.54. The minimum Gasteiger partial charge on any atom is -0.336 e. The molecule has 0 radical (unpaired) electrons. The van der Waals surface area contributed by atoms with Crippen LogP contribution in [0.5, 0.6) is 0 Å². The molecular formula is C12H15N5OS. The maximum Gasteiger partial charge on any atom is 0.257 e. The van der Waals surface area contributed by atoms with Gasteiger partial charge in [0.2, 0.25) is 0 Å². The molecule has 6 nitrogen and oxygen atoms in total. The van der Waals surface area contributed by atoms with E-state index in [1.165, 1.54) is 0 Å². The van der Waals surface area contributed by atoms with E-state index in [1.54, 1.807) is 23.7 Å². The first-order chi connectivity index (χ1) is 9.33. The minimum atomic E-state index is 0.0575. The van der Waals surface area contributed by atoms with E-state index in [0.29, 0.717) is 5.56 Å². The summed E-state index contributed by atoms with van der Waals surface area (Å²) in [6, 6.07) is 0. The Bertz CT molecular complexity index is 516. The number of nitrogens with one attached hydrogen (secondary N) is 1. The van der Waals surface area contributed by atoms with Crippen LogP contribution in [0.15, 0.2) is 23.3 Å². The van der Waals surface area contributed by atoms with Crippen molar-refractivity contribution in [3.8, 4) is 0 Å². The predicted octanol–water partition coefficient (Wildman–Crippen LogP) is 0.824. The lowest BCUT2D eigenvalue weighted by Gasteiger charge is -2.34. The second-order valence-corrected chi connectivity index (χ2v) is 5.25. The maximum atomic E-state index is 12.1. The molecule has 0 aliphatic carbocycles. The maximum absolute atomic E-state index is 12.1. The SMILES string of the molecule is O=C(c1cn[nH]c1)N1CCN(Cc2cscn2)CC1. The third-order valence-electron chi connectivity index (χ3n) is 3.27. The molecule has 3 heterocycles. The van der Waals surface area contributed by atoms with Crippen LogP contribution in [0, 0.1) is 0 Å². The molecule has 0 bridgehead atoms. The van der Waals surface area contributed by atoms with Crippen LogP contribution in [0.3, 0.4) is 0 Å². The summed E-state index contributed by atoms with van der Waals surface area (Å²) in [7, 11) is 0. The number of H-pyrrole nitrogens is 1. The lowest BCUT2D eigenvalue weighted by Crippen LogP contribution is -2.48. The van der Waals surface area contributed by atoms with E-state index in [2.05, 4.69) is 25.5 Å². The van der Waals surface area contributed by atoms with E-state index in [4.69, 9.17) is 0 Å². The highest BCUT2D eigenvalue weighted by molar-refractivity contribution is 7.07. The number of aromatic nitrogens is 3. The van der Waals surface area contributed by atoms with Gasteiger partial charge in [-0.1, -0.05) is 0 Å². The molecule has 3 rings (SSSR count). The first-order valence-corrected chi connectivity index (χ1v) is 7.14. The number of hydrogen-bond donors (Lipinski definition) is 1. The van der Waals surface area contributed by atoms with E-state index in [0.717, 1.165) is 38.4 Å². The van der Waals surface area contributed by atoms with E-state index in [-0.39, 0.29) is 5.91 Å². The van der Waals surface area contributed by atoms with Gasteiger partial charge < -0.3 is 4.90 Å². The summed E-state index contributed by atoms with van der Waals surface area (Å²) in [6.45, 7) is 4.17. The van der Waals surface area contributed by atoms with Gasteiger partial charge in [-0.15, -0.1) is 11.3 Å². The van der Waals surface area contributed by atoms with Crippen LogP contribution >= 0.6 is 11.3 Å². The Morgan fingerprint density at radius 3 is 2.84 bits per heavy atom. The Balaban J connectivity index is 1.53. The highest BCUT2D eigenvalue weighted by Crippen LogP contribution is 2.11. The van der Waals surface area contributed by atoms with Gasteiger partial charge in [0.15, 0.2) is 0 Å². The molecule has 0 saturated carbocycles. The largest absolute Gasteiger partial charge is 0.336 e. The first kappa shape index (κ1) is 12.3. The van der Waals surface area contributed by atoms with Crippen LogP contribution in [0.1, 0.15) is 16.1 Å². The normalized spacial score (nSPS) is 16.7. The van der Waals surface area contributed by atoms with Crippen molar-refractivity contribution in [3.05, 3.63) is 34.5 Å². The van der Waals surface area contributed by atoms with Gasteiger partial charge >= 0.3 is 0 Å². The zero-order chi connectivity index (χ0) is 13.1. The molecule has 1 N–H and O–H groups in total. The van der Waals surface area contributed by atoms with Gasteiger partial charge in [0.1, 0.15) is 0 Å². The molecular weight excluding hydrogens is 262 g/mol. The molecule has 100 valence electrons. The average molecular weight is 277 g/mol. The van der Waals surface area contributed by atoms with Crippen molar-refractivity contribution in [2.24, 2.45) is 0 Å². The van der Waals surface area contributed by atoms with Crippen LogP contribution in [0.2, 0.25) is 0 Å². The molecule has 0 unspecified atom stereocenters. The number of aromatic amines is 1. The van der Waals surface area contributed by atoms with Crippen LogP contribution in [0.25, 0.3) is 0 Å². The van der Waals surface area contributed by atoms with Gasteiger partial charge in [-0.2, -0.15) is 5.10 Å². The number of carbonyl (C=O) groups excluding carboxylic acids is 1. The first-order valence-electron chi connectivity index (χ1n) is 6.20. The Labute approximate surface area is 115 Å². The summed E-state index contributed by atoms with van der Waals surface area (Å²) in [5.41, 5.74) is 3.60. The molecule has 7 heteroatoms. The van der Waals surface area contributed by atoms with Crippen molar-refractivity contribution < 1.29 is 4.79 Å². The number of carbonyl (C=O) groups is 1. The number of hydrogen-bond acceptors (Lipinski definition) is 5. The molecule has 1 saturated heterocycles. The van der Waals surface area contributed by atoms with Crippen molar-refractivity contribution in [2.45, 2.75) is 6.54 Å². The summed E-state index contributed by atoms with van der Waals surface area (Å²) in [5.74, 6) is 0.0575. The smallest absolute Gasteiger partial charge is 0.257 e. The van der Waals surface area contributed by atoms with Crippen LogP contribution in [-0.4, -0.2) is 57.1 Å². The van der Waals surface area contributed by atoms with Crippen molar-refractivity contribution >= 4 is 17.2 Å². The quantitative estimate of drug-likeness (QED) is 0.902. The van der Waals surface area contributed by atoms with Gasteiger partial charge in [0.05, 0.1) is 23.0 Å².